The van der Waals surface area contributed by atoms with Crippen LogP contribution < -0.4 is 0 Å². The highest BCUT2D eigenvalue weighted by molar-refractivity contribution is 7.92. The van der Waals surface area contributed by atoms with Gasteiger partial charge in [0.2, 0.25) is 0 Å². The Kier molecular flexibility index (Phi) is 3.43. The van der Waals surface area contributed by atoms with Gasteiger partial charge in [0.15, 0.2) is 15.6 Å². The zero-order chi connectivity index (χ0) is 12.6. The van der Waals surface area contributed by atoms with E-state index in [0.717, 1.165) is 24.8 Å². The molecule has 0 amide bonds. The van der Waals surface area contributed by atoms with E-state index in [1.807, 2.05) is 13.8 Å². The maximum Gasteiger partial charge on any atom is 0.158 e. The standard InChI is InChI=1S/C13H20O3S/c1-9(2)6-13(14)10-7-11-4-3-5-12(8-10)17(11,15)16/h6,10-12H,3-5,7-8H2,1-2H3. The quantitative estimate of drug-likeness (QED) is 0.712. The van der Waals surface area contributed by atoms with Crippen molar-refractivity contribution in [3.8, 4) is 0 Å². The van der Waals surface area contributed by atoms with Crippen molar-refractivity contribution in [2.24, 2.45) is 5.92 Å². The van der Waals surface area contributed by atoms with E-state index in [2.05, 4.69) is 0 Å². The monoisotopic (exact) mass is 256 g/mol. The van der Waals surface area contributed by atoms with Crippen molar-refractivity contribution in [2.75, 3.05) is 0 Å². The average Bonchev–Trinajstić information content (AvgIpc) is 2.13. The summed E-state index contributed by atoms with van der Waals surface area (Å²) in [5.74, 6) is 0.0560. The highest BCUT2D eigenvalue weighted by Gasteiger charge is 2.45. The van der Waals surface area contributed by atoms with E-state index in [1.54, 1.807) is 6.08 Å². The Balaban J connectivity index is 2.17. The van der Waals surface area contributed by atoms with Crippen LogP contribution in [0.1, 0.15) is 46.0 Å². The first-order chi connectivity index (χ1) is 7.91. The van der Waals surface area contributed by atoms with Crippen LogP contribution in [0.3, 0.4) is 0 Å². The largest absolute Gasteiger partial charge is 0.295 e. The van der Waals surface area contributed by atoms with Crippen LogP contribution in [-0.2, 0) is 14.6 Å². The lowest BCUT2D eigenvalue weighted by Gasteiger charge is -2.37. The van der Waals surface area contributed by atoms with Gasteiger partial charge in [-0.15, -0.1) is 0 Å². The molecule has 0 radical (unpaired) electrons. The molecule has 4 heteroatoms. The van der Waals surface area contributed by atoms with Gasteiger partial charge in [0.05, 0.1) is 10.5 Å². The molecule has 0 spiro atoms. The first-order valence-electron chi connectivity index (χ1n) is 6.32. The number of allylic oxidation sites excluding steroid dienone is 2. The average molecular weight is 256 g/mol. The third-order valence-corrected chi connectivity index (χ3v) is 6.62. The smallest absolute Gasteiger partial charge is 0.158 e. The molecule has 2 unspecified atom stereocenters. The summed E-state index contributed by atoms with van der Waals surface area (Å²) in [6.07, 6.45) is 5.24. The van der Waals surface area contributed by atoms with Crippen molar-refractivity contribution in [2.45, 2.75) is 56.5 Å². The lowest BCUT2D eigenvalue weighted by molar-refractivity contribution is -0.118. The molecule has 0 aromatic rings. The summed E-state index contributed by atoms with van der Waals surface area (Å²) >= 11 is 0. The molecular formula is C13H20O3S. The van der Waals surface area contributed by atoms with E-state index >= 15 is 0 Å². The first-order valence-corrected chi connectivity index (χ1v) is 7.93. The lowest BCUT2D eigenvalue weighted by Crippen LogP contribution is -2.45. The molecule has 96 valence electrons. The van der Waals surface area contributed by atoms with E-state index in [-0.39, 0.29) is 22.2 Å². The molecular weight excluding hydrogens is 236 g/mol. The number of hydrogen-bond acceptors (Lipinski definition) is 3. The molecule has 2 bridgehead atoms. The van der Waals surface area contributed by atoms with Gasteiger partial charge in [0.25, 0.3) is 0 Å². The number of sulfone groups is 1. The van der Waals surface area contributed by atoms with Crippen molar-refractivity contribution >= 4 is 15.6 Å². The van der Waals surface area contributed by atoms with Gasteiger partial charge in [-0.25, -0.2) is 8.42 Å². The maximum atomic E-state index is 12.1. The molecule has 0 aromatic heterocycles. The zero-order valence-electron chi connectivity index (χ0n) is 10.5. The fourth-order valence-corrected chi connectivity index (χ4v) is 5.58. The molecule has 2 aliphatic rings. The highest BCUT2D eigenvalue weighted by atomic mass is 32.2. The second-order valence-corrected chi connectivity index (χ2v) is 8.07. The second-order valence-electron chi connectivity index (χ2n) is 5.56. The van der Waals surface area contributed by atoms with Crippen LogP contribution in [0.2, 0.25) is 0 Å². The van der Waals surface area contributed by atoms with Crippen LogP contribution in [0.4, 0.5) is 0 Å². The number of rotatable bonds is 2. The van der Waals surface area contributed by atoms with Crippen molar-refractivity contribution in [1.82, 2.24) is 0 Å². The summed E-state index contributed by atoms with van der Waals surface area (Å²) in [4.78, 5) is 12.0. The Morgan fingerprint density at radius 1 is 1.12 bits per heavy atom. The third kappa shape index (κ3) is 2.46. The van der Waals surface area contributed by atoms with Crippen LogP contribution in [0, 0.1) is 5.92 Å². The van der Waals surface area contributed by atoms with E-state index in [0.29, 0.717) is 12.8 Å². The Morgan fingerprint density at radius 2 is 1.65 bits per heavy atom. The summed E-state index contributed by atoms with van der Waals surface area (Å²) in [6, 6.07) is 0. The molecule has 17 heavy (non-hydrogen) atoms. The molecule has 3 nitrogen and oxygen atoms in total. The fraction of sp³-hybridized carbons (Fsp3) is 0.769. The molecule has 0 saturated carbocycles. The summed E-state index contributed by atoms with van der Waals surface area (Å²) in [5, 5.41) is -0.510. The molecule has 2 rings (SSSR count). The van der Waals surface area contributed by atoms with Crippen LogP contribution in [0.15, 0.2) is 11.6 Å². The minimum absolute atomic E-state index is 0.0660. The van der Waals surface area contributed by atoms with Crippen molar-refractivity contribution < 1.29 is 13.2 Å². The molecule has 2 fully saturated rings. The van der Waals surface area contributed by atoms with E-state index in [9.17, 15) is 13.2 Å². The molecule has 0 N–H and O–H groups in total. The maximum absolute atomic E-state index is 12.1. The third-order valence-electron chi connectivity index (χ3n) is 3.91. The molecule has 2 aliphatic heterocycles. The SMILES string of the molecule is CC(C)=CC(=O)C1CC2CCCC(C1)S2(=O)=O. The molecule has 0 aromatic carbocycles. The van der Waals surface area contributed by atoms with Gasteiger partial charge in [-0.3, -0.25) is 4.79 Å². The fourth-order valence-electron chi connectivity index (χ4n) is 3.04. The normalized spacial score (nSPS) is 35.1. The summed E-state index contributed by atoms with van der Waals surface area (Å²) in [6.45, 7) is 3.80. The Bertz CT molecular complexity index is 423. The number of hydrogen-bond donors (Lipinski definition) is 0. The number of ketones is 1. The summed E-state index contributed by atoms with van der Waals surface area (Å²) in [5.41, 5.74) is 0.994. The summed E-state index contributed by atoms with van der Waals surface area (Å²) in [7, 11) is -2.93. The number of carbonyl (C=O) groups is 1. The molecule has 2 saturated heterocycles. The minimum atomic E-state index is -2.93. The highest BCUT2D eigenvalue weighted by Crippen LogP contribution is 2.39. The number of fused-ring (bicyclic) bond motifs is 2. The lowest BCUT2D eigenvalue weighted by atomic mass is 9.86. The van der Waals surface area contributed by atoms with Crippen LogP contribution in [0.5, 0.6) is 0 Å². The first kappa shape index (κ1) is 12.8. The Hall–Kier alpha value is -0.640. The van der Waals surface area contributed by atoms with E-state index < -0.39 is 9.84 Å². The predicted octanol–water partition coefficient (Wildman–Crippen LogP) is 2.27. The predicted molar refractivity (Wildman–Crippen MR) is 67.5 cm³/mol. The van der Waals surface area contributed by atoms with Crippen LogP contribution in [-0.4, -0.2) is 24.7 Å². The van der Waals surface area contributed by atoms with Gasteiger partial charge >= 0.3 is 0 Å². The van der Waals surface area contributed by atoms with Crippen molar-refractivity contribution in [1.29, 1.82) is 0 Å². The van der Waals surface area contributed by atoms with E-state index in [4.69, 9.17) is 0 Å². The van der Waals surface area contributed by atoms with Gasteiger partial charge in [0, 0.05) is 5.92 Å². The topological polar surface area (TPSA) is 51.2 Å². The van der Waals surface area contributed by atoms with Crippen molar-refractivity contribution in [3.63, 3.8) is 0 Å². The van der Waals surface area contributed by atoms with Crippen LogP contribution in [0.25, 0.3) is 0 Å². The summed E-state index contributed by atoms with van der Waals surface area (Å²) < 4.78 is 24.1. The van der Waals surface area contributed by atoms with Gasteiger partial charge in [0.1, 0.15) is 0 Å². The molecule has 2 heterocycles. The second kappa shape index (κ2) is 4.56. The van der Waals surface area contributed by atoms with Gasteiger partial charge in [-0.05, 0) is 45.6 Å². The van der Waals surface area contributed by atoms with E-state index in [1.165, 1.54) is 0 Å². The molecule has 0 aliphatic carbocycles. The van der Waals surface area contributed by atoms with Gasteiger partial charge in [-0.1, -0.05) is 12.0 Å². The zero-order valence-corrected chi connectivity index (χ0v) is 11.3. The van der Waals surface area contributed by atoms with Gasteiger partial charge < -0.3 is 0 Å². The van der Waals surface area contributed by atoms with Gasteiger partial charge in [-0.2, -0.15) is 0 Å². The Labute approximate surface area is 103 Å². The minimum Gasteiger partial charge on any atom is -0.295 e. The van der Waals surface area contributed by atoms with Crippen LogP contribution >= 0.6 is 0 Å². The molecule has 2 atom stereocenters. The number of carbonyl (C=O) groups excluding carboxylic acids is 1. The Morgan fingerprint density at radius 3 is 2.12 bits per heavy atom. The van der Waals surface area contributed by atoms with Crippen molar-refractivity contribution in [3.05, 3.63) is 11.6 Å².